The molecule has 2 aromatic rings. The molecule has 0 saturated heterocycles. The van der Waals surface area contributed by atoms with Gasteiger partial charge in [-0.05, 0) is 42.2 Å². The first-order valence-corrected chi connectivity index (χ1v) is 6.79. The zero-order valence-electron chi connectivity index (χ0n) is 11.8. The smallest absolute Gasteiger partial charge is 0.0703 e. The largest absolute Gasteiger partial charge is 0.257 e. The van der Waals surface area contributed by atoms with E-state index in [-0.39, 0.29) is 0 Å². The lowest BCUT2D eigenvalue weighted by molar-refractivity contribution is 0.859. The van der Waals surface area contributed by atoms with Gasteiger partial charge < -0.3 is 0 Å². The van der Waals surface area contributed by atoms with E-state index in [1.54, 1.807) is 0 Å². The maximum atomic E-state index is 4.54. The fourth-order valence-corrected chi connectivity index (χ4v) is 1.85. The Hall–Kier alpha value is -1.96. The van der Waals surface area contributed by atoms with Crippen molar-refractivity contribution in [2.24, 2.45) is 0 Å². The number of hydrogen-bond acceptors (Lipinski definition) is 2. The SMILES string of the molecule is CCC=Cc1cc(-c2ccc(C(C)C)cn2)ccn1. The van der Waals surface area contributed by atoms with Gasteiger partial charge in [0.2, 0.25) is 0 Å². The van der Waals surface area contributed by atoms with Crippen molar-refractivity contribution in [1.82, 2.24) is 9.97 Å². The van der Waals surface area contributed by atoms with Gasteiger partial charge in [-0.2, -0.15) is 0 Å². The molecule has 2 heteroatoms. The molecule has 0 aliphatic rings. The molecule has 0 spiro atoms. The maximum absolute atomic E-state index is 4.54. The van der Waals surface area contributed by atoms with Crippen molar-refractivity contribution in [2.45, 2.75) is 33.1 Å². The Balaban J connectivity index is 2.28. The van der Waals surface area contributed by atoms with Gasteiger partial charge in [0.15, 0.2) is 0 Å². The van der Waals surface area contributed by atoms with E-state index in [4.69, 9.17) is 0 Å². The van der Waals surface area contributed by atoms with Gasteiger partial charge in [-0.15, -0.1) is 0 Å². The maximum Gasteiger partial charge on any atom is 0.0703 e. The zero-order chi connectivity index (χ0) is 13.7. The van der Waals surface area contributed by atoms with E-state index in [0.29, 0.717) is 5.92 Å². The molecule has 0 radical (unpaired) electrons. The van der Waals surface area contributed by atoms with Crippen molar-refractivity contribution in [2.75, 3.05) is 0 Å². The van der Waals surface area contributed by atoms with Crippen molar-refractivity contribution in [3.8, 4) is 11.3 Å². The highest BCUT2D eigenvalue weighted by Gasteiger charge is 2.03. The van der Waals surface area contributed by atoms with Gasteiger partial charge in [0.05, 0.1) is 11.4 Å². The van der Waals surface area contributed by atoms with Crippen LogP contribution in [-0.2, 0) is 0 Å². The van der Waals surface area contributed by atoms with Gasteiger partial charge in [0.1, 0.15) is 0 Å². The van der Waals surface area contributed by atoms with Gasteiger partial charge in [-0.1, -0.05) is 32.9 Å². The van der Waals surface area contributed by atoms with E-state index in [1.807, 2.05) is 24.5 Å². The summed E-state index contributed by atoms with van der Waals surface area (Å²) in [6.07, 6.45) is 8.98. The van der Waals surface area contributed by atoms with Crippen LogP contribution in [0.25, 0.3) is 17.3 Å². The standard InChI is InChI=1S/C17H20N2/c1-4-5-6-16-11-14(9-10-18-16)17-8-7-15(12-19-17)13(2)3/h5-13H,4H2,1-3H3. The highest BCUT2D eigenvalue weighted by atomic mass is 14.7. The first-order chi connectivity index (χ1) is 9.20. The van der Waals surface area contributed by atoms with Crippen LogP contribution in [0.15, 0.2) is 42.7 Å². The van der Waals surface area contributed by atoms with Crippen LogP contribution in [0.2, 0.25) is 0 Å². The van der Waals surface area contributed by atoms with Gasteiger partial charge in [0, 0.05) is 18.0 Å². The molecule has 2 aromatic heterocycles. The van der Waals surface area contributed by atoms with Gasteiger partial charge in [0.25, 0.3) is 0 Å². The highest BCUT2D eigenvalue weighted by Crippen LogP contribution is 2.20. The Labute approximate surface area is 115 Å². The third kappa shape index (κ3) is 3.50. The summed E-state index contributed by atoms with van der Waals surface area (Å²) < 4.78 is 0. The summed E-state index contributed by atoms with van der Waals surface area (Å²) >= 11 is 0. The number of hydrogen-bond donors (Lipinski definition) is 0. The van der Waals surface area contributed by atoms with E-state index < -0.39 is 0 Å². The Morgan fingerprint density at radius 2 is 2.00 bits per heavy atom. The predicted octanol–water partition coefficient (Wildman–Crippen LogP) is 4.69. The van der Waals surface area contributed by atoms with Crippen LogP contribution in [-0.4, -0.2) is 9.97 Å². The lowest BCUT2D eigenvalue weighted by atomic mass is 10.0. The molecule has 0 atom stereocenters. The van der Waals surface area contributed by atoms with Crippen molar-refractivity contribution in [3.05, 3.63) is 54.0 Å². The highest BCUT2D eigenvalue weighted by molar-refractivity contribution is 5.62. The molecule has 98 valence electrons. The lowest BCUT2D eigenvalue weighted by Crippen LogP contribution is -1.91. The summed E-state index contributed by atoms with van der Waals surface area (Å²) in [4.78, 5) is 8.87. The summed E-state index contributed by atoms with van der Waals surface area (Å²) in [5, 5.41) is 0. The van der Waals surface area contributed by atoms with Crippen LogP contribution in [0.3, 0.4) is 0 Å². The quantitative estimate of drug-likeness (QED) is 0.788. The molecule has 2 heterocycles. The number of nitrogens with zero attached hydrogens (tertiary/aromatic N) is 2. The lowest BCUT2D eigenvalue weighted by Gasteiger charge is -2.06. The first kappa shape index (κ1) is 13.5. The van der Waals surface area contributed by atoms with Gasteiger partial charge in [-0.3, -0.25) is 9.97 Å². The Morgan fingerprint density at radius 1 is 1.16 bits per heavy atom. The minimum absolute atomic E-state index is 0.516. The number of pyridine rings is 2. The topological polar surface area (TPSA) is 25.8 Å². The fraction of sp³-hybridized carbons (Fsp3) is 0.294. The van der Waals surface area contributed by atoms with Gasteiger partial charge in [-0.25, -0.2) is 0 Å². The zero-order valence-corrected chi connectivity index (χ0v) is 11.8. The molecule has 0 unspecified atom stereocenters. The molecule has 0 N–H and O–H groups in total. The van der Waals surface area contributed by atoms with E-state index in [2.05, 4.69) is 55.0 Å². The van der Waals surface area contributed by atoms with Crippen molar-refractivity contribution in [1.29, 1.82) is 0 Å². The third-order valence-electron chi connectivity index (χ3n) is 3.05. The number of allylic oxidation sites excluding steroid dienone is 1. The predicted molar refractivity (Wildman–Crippen MR) is 80.9 cm³/mol. The summed E-state index contributed by atoms with van der Waals surface area (Å²) in [7, 11) is 0. The van der Waals surface area contributed by atoms with Crippen LogP contribution < -0.4 is 0 Å². The minimum Gasteiger partial charge on any atom is -0.257 e. The van der Waals surface area contributed by atoms with E-state index >= 15 is 0 Å². The summed E-state index contributed by atoms with van der Waals surface area (Å²) in [6, 6.07) is 8.30. The van der Waals surface area contributed by atoms with Gasteiger partial charge >= 0.3 is 0 Å². The van der Waals surface area contributed by atoms with Crippen LogP contribution in [0.1, 0.15) is 44.4 Å². The van der Waals surface area contributed by atoms with E-state index in [1.165, 1.54) is 5.56 Å². The van der Waals surface area contributed by atoms with Crippen molar-refractivity contribution in [3.63, 3.8) is 0 Å². The van der Waals surface area contributed by atoms with Crippen LogP contribution in [0.4, 0.5) is 0 Å². The normalized spacial score (nSPS) is 11.4. The molecule has 0 bridgehead atoms. The van der Waals surface area contributed by atoms with Crippen molar-refractivity contribution < 1.29 is 0 Å². The minimum atomic E-state index is 0.516. The summed E-state index contributed by atoms with van der Waals surface area (Å²) in [6.45, 7) is 6.47. The molecule has 0 aromatic carbocycles. The van der Waals surface area contributed by atoms with E-state index in [9.17, 15) is 0 Å². The molecular weight excluding hydrogens is 232 g/mol. The Morgan fingerprint density at radius 3 is 2.63 bits per heavy atom. The Bertz CT molecular complexity index is 554. The summed E-state index contributed by atoms with van der Waals surface area (Å²) in [5.74, 6) is 0.516. The van der Waals surface area contributed by atoms with Crippen LogP contribution in [0.5, 0.6) is 0 Å². The molecule has 0 amide bonds. The van der Waals surface area contributed by atoms with E-state index in [0.717, 1.165) is 23.4 Å². The second-order valence-corrected chi connectivity index (χ2v) is 4.91. The van der Waals surface area contributed by atoms with Crippen LogP contribution in [0, 0.1) is 0 Å². The van der Waals surface area contributed by atoms with Crippen molar-refractivity contribution >= 4 is 6.08 Å². The molecule has 2 rings (SSSR count). The molecule has 0 aliphatic heterocycles. The molecule has 2 nitrogen and oxygen atoms in total. The molecule has 19 heavy (non-hydrogen) atoms. The Kier molecular flexibility index (Phi) is 4.45. The summed E-state index contributed by atoms with van der Waals surface area (Å²) in [5.41, 5.74) is 4.36. The fourth-order valence-electron chi connectivity index (χ4n) is 1.85. The second-order valence-electron chi connectivity index (χ2n) is 4.91. The molecule has 0 aliphatic carbocycles. The molecule has 0 saturated carbocycles. The first-order valence-electron chi connectivity index (χ1n) is 6.79. The molecule has 0 fully saturated rings. The number of rotatable bonds is 4. The monoisotopic (exact) mass is 252 g/mol. The number of aromatic nitrogens is 2. The third-order valence-corrected chi connectivity index (χ3v) is 3.05. The average Bonchev–Trinajstić information content (AvgIpc) is 2.45. The van der Waals surface area contributed by atoms with Crippen LogP contribution >= 0.6 is 0 Å². The molecular formula is C17H20N2. The second kappa shape index (κ2) is 6.28. The average molecular weight is 252 g/mol.